The van der Waals surface area contributed by atoms with E-state index in [4.69, 9.17) is 16.9 Å². The largest absolute Gasteiger partial charge is 0.347 e. The predicted octanol–water partition coefficient (Wildman–Crippen LogP) is 2.51. The molecule has 2 amide bonds. The number of amides is 2. The van der Waals surface area contributed by atoms with E-state index in [1.807, 2.05) is 18.2 Å². The quantitative estimate of drug-likeness (QED) is 0.846. The van der Waals surface area contributed by atoms with Crippen LogP contribution in [0.2, 0.25) is 5.02 Å². The fraction of sp³-hybridized carbons (Fsp3) is 0.118. The van der Waals surface area contributed by atoms with Crippen LogP contribution < -0.4 is 10.6 Å². The minimum absolute atomic E-state index is 0.339. The first-order valence-corrected chi connectivity index (χ1v) is 7.30. The van der Waals surface area contributed by atoms with Gasteiger partial charge in [-0.25, -0.2) is 0 Å². The van der Waals surface area contributed by atoms with Crippen molar-refractivity contribution in [3.63, 3.8) is 0 Å². The Labute approximate surface area is 138 Å². The van der Waals surface area contributed by atoms with Gasteiger partial charge in [0.05, 0.1) is 11.6 Å². The maximum absolute atomic E-state index is 11.8. The van der Waals surface area contributed by atoms with Crippen molar-refractivity contribution in [1.29, 1.82) is 5.26 Å². The van der Waals surface area contributed by atoms with Gasteiger partial charge in [-0.3, -0.25) is 9.59 Å². The van der Waals surface area contributed by atoms with E-state index in [1.165, 1.54) is 6.07 Å². The van der Waals surface area contributed by atoms with Gasteiger partial charge in [-0.15, -0.1) is 0 Å². The van der Waals surface area contributed by atoms with E-state index in [9.17, 15) is 9.59 Å². The summed E-state index contributed by atoms with van der Waals surface area (Å²) in [6.07, 6.45) is 0.597. The van der Waals surface area contributed by atoms with Crippen molar-refractivity contribution in [2.45, 2.75) is 6.42 Å². The number of nitrogens with one attached hydrogen (secondary N) is 2. The molecule has 0 heterocycles. The molecule has 6 heteroatoms. The Morgan fingerprint density at radius 2 is 1.83 bits per heavy atom. The van der Waals surface area contributed by atoms with Gasteiger partial charge in [-0.1, -0.05) is 29.8 Å². The normalized spacial score (nSPS) is 9.74. The molecule has 2 rings (SSSR count). The van der Waals surface area contributed by atoms with Crippen molar-refractivity contribution >= 4 is 29.1 Å². The Hall–Kier alpha value is -2.84. The highest BCUT2D eigenvalue weighted by atomic mass is 35.5. The van der Waals surface area contributed by atoms with Gasteiger partial charge in [-0.05, 0) is 42.3 Å². The van der Waals surface area contributed by atoms with Crippen LogP contribution in [0.1, 0.15) is 11.1 Å². The van der Waals surface area contributed by atoms with Crippen molar-refractivity contribution in [1.82, 2.24) is 5.32 Å². The van der Waals surface area contributed by atoms with E-state index in [-0.39, 0.29) is 0 Å². The van der Waals surface area contributed by atoms with Crippen molar-refractivity contribution in [2.75, 3.05) is 11.9 Å². The Balaban J connectivity index is 1.82. The summed E-state index contributed by atoms with van der Waals surface area (Å²) in [5.41, 5.74) is 1.82. The second kappa shape index (κ2) is 7.97. The number of carbonyl (C=O) groups is 2. The third-order valence-corrected chi connectivity index (χ3v) is 3.32. The second-order valence-corrected chi connectivity index (χ2v) is 5.22. The fourth-order valence-electron chi connectivity index (χ4n) is 1.91. The average Bonchev–Trinajstić information content (AvgIpc) is 2.56. The number of carbonyl (C=O) groups excluding carboxylic acids is 2. The number of halogens is 1. The molecule has 23 heavy (non-hydrogen) atoms. The monoisotopic (exact) mass is 327 g/mol. The number of anilines is 1. The van der Waals surface area contributed by atoms with Gasteiger partial charge in [0.2, 0.25) is 0 Å². The lowest BCUT2D eigenvalue weighted by Gasteiger charge is -2.07. The van der Waals surface area contributed by atoms with E-state index in [1.54, 1.807) is 30.3 Å². The van der Waals surface area contributed by atoms with Crippen LogP contribution in [0.3, 0.4) is 0 Å². The molecule has 0 aliphatic heterocycles. The average molecular weight is 328 g/mol. The lowest BCUT2D eigenvalue weighted by Crippen LogP contribution is -2.36. The summed E-state index contributed by atoms with van der Waals surface area (Å²) < 4.78 is 0. The zero-order valence-electron chi connectivity index (χ0n) is 12.2. The number of nitrogens with zero attached hydrogens (tertiary/aromatic N) is 1. The summed E-state index contributed by atoms with van der Waals surface area (Å²) in [6, 6.07) is 15.6. The molecule has 0 radical (unpaired) electrons. The minimum Gasteiger partial charge on any atom is -0.347 e. The summed E-state index contributed by atoms with van der Waals surface area (Å²) in [5.74, 6) is -1.49. The molecule has 0 aliphatic rings. The molecule has 2 aromatic carbocycles. The van der Waals surface area contributed by atoms with Gasteiger partial charge in [-0.2, -0.15) is 5.26 Å². The highest BCUT2D eigenvalue weighted by Gasteiger charge is 2.13. The number of benzene rings is 2. The molecule has 5 nitrogen and oxygen atoms in total. The number of hydrogen-bond acceptors (Lipinski definition) is 3. The van der Waals surface area contributed by atoms with Crippen LogP contribution in [-0.4, -0.2) is 18.4 Å². The van der Waals surface area contributed by atoms with Crippen molar-refractivity contribution in [2.24, 2.45) is 0 Å². The Morgan fingerprint density at radius 3 is 2.52 bits per heavy atom. The van der Waals surface area contributed by atoms with E-state index in [0.717, 1.165) is 5.56 Å². The Kier molecular flexibility index (Phi) is 5.73. The number of nitriles is 1. The van der Waals surface area contributed by atoms with E-state index in [0.29, 0.717) is 29.2 Å². The highest BCUT2D eigenvalue weighted by Crippen LogP contribution is 2.10. The molecule has 0 aliphatic carbocycles. The first kappa shape index (κ1) is 16.5. The third-order valence-electron chi connectivity index (χ3n) is 3.07. The molecule has 2 N–H and O–H groups in total. The summed E-state index contributed by atoms with van der Waals surface area (Å²) in [4.78, 5) is 23.5. The third kappa shape index (κ3) is 5.13. The fourth-order valence-corrected chi connectivity index (χ4v) is 2.03. The van der Waals surface area contributed by atoms with E-state index in [2.05, 4.69) is 10.6 Å². The van der Waals surface area contributed by atoms with Gasteiger partial charge in [0.1, 0.15) is 0 Å². The molecule has 0 saturated carbocycles. The zero-order chi connectivity index (χ0) is 16.7. The predicted molar refractivity (Wildman–Crippen MR) is 88.0 cm³/mol. The smallest absolute Gasteiger partial charge is 0.313 e. The van der Waals surface area contributed by atoms with Gasteiger partial charge in [0.15, 0.2) is 0 Å². The van der Waals surface area contributed by atoms with E-state index >= 15 is 0 Å². The summed E-state index contributed by atoms with van der Waals surface area (Å²) in [6.45, 7) is 0.339. The molecule has 0 atom stereocenters. The van der Waals surface area contributed by atoms with E-state index < -0.39 is 11.8 Å². The van der Waals surface area contributed by atoms with Crippen molar-refractivity contribution in [3.05, 3.63) is 64.7 Å². The number of hydrogen-bond donors (Lipinski definition) is 2. The topological polar surface area (TPSA) is 82.0 Å². The lowest BCUT2D eigenvalue weighted by molar-refractivity contribution is -0.136. The van der Waals surface area contributed by atoms with Gasteiger partial charge >= 0.3 is 11.8 Å². The molecular formula is C17H14ClN3O2. The molecule has 0 bridgehead atoms. The SMILES string of the molecule is N#Cc1cccc(NC(=O)C(=O)NCCc2ccc(Cl)cc2)c1. The molecule has 0 unspecified atom stereocenters. The summed E-state index contributed by atoms with van der Waals surface area (Å²) in [7, 11) is 0. The highest BCUT2D eigenvalue weighted by molar-refractivity contribution is 6.39. The maximum Gasteiger partial charge on any atom is 0.313 e. The Morgan fingerprint density at radius 1 is 1.09 bits per heavy atom. The van der Waals surface area contributed by atoms with Gasteiger partial charge in [0, 0.05) is 17.3 Å². The van der Waals surface area contributed by atoms with Crippen LogP contribution >= 0.6 is 11.6 Å². The van der Waals surface area contributed by atoms with Crippen LogP contribution in [0.4, 0.5) is 5.69 Å². The summed E-state index contributed by atoms with van der Waals surface area (Å²) >= 11 is 5.79. The van der Waals surface area contributed by atoms with Crippen LogP contribution in [0, 0.1) is 11.3 Å². The van der Waals surface area contributed by atoms with Crippen molar-refractivity contribution < 1.29 is 9.59 Å². The van der Waals surface area contributed by atoms with Gasteiger partial charge in [0.25, 0.3) is 0 Å². The molecule has 0 saturated heterocycles. The van der Waals surface area contributed by atoms with Crippen LogP contribution in [0.15, 0.2) is 48.5 Å². The lowest BCUT2D eigenvalue weighted by atomic mass is 10.1. The molecular weight excluding hydrogens is 314 g/mol. The Bertz CT molecular complexity index is 751. The maximum atomic E-state index is 11.8. The van der Waals surface area contributed by atoms with Crippen LogP contribution in [-0.2, 0) is 16.0 Å². The molecule has 2 aromatic rings. The molecule has 0 spiro atoms. The molecule has 116 valence electrons. The zero-order valence-corrected chi connectivity index (χ0v) is 12.9. The second-order valence-electron chi connectivity index (χ2n) is 4.78. The molecule has 0 fully saturated rings. The number of rotatable bonds is 4. The molecule has 0 aromatic heterocycles. The standard InChI is InChI=1S/C17H14ClN3O2/c18-14-6-4-12(5-7-14)8-9-20-16(22)17(23)21-15-3-1-2-13(10-15)11-19/h1-7,10H,8-9H2,(H,20,22)(H,21,23). The summed E-state index contributed by atoms with van der Waals surface area (Å²) in [5, 5.41) is 14.4. The van der Waals surface area contributed by atoms with Crippen LogP contribution in [0.25, 0.3) is 0 Å². The minimum atomic E-state index is -0.767. The van der Waals surface area contributed by atoms with Gasteiger partial charge < -0.3 is 10.6 Å². The first-order chi connectivity index (χ1) is 11.1. The van der Waals surface area contributed by atoms with Crippen LogP contribution in [0.5, 0.6) is 0 Å². The first-order valence-electron chi connectivity index (χ1n) is 6.92. The van der Waals surface area contributed by atoms with Crippen molar-refractivity contribution in [3.8, 4) is 6.07 Å².